The summed E-state index contributed by atoms with van der Waals surface area (Å²) in [5.74, 6) is -1.68. The number of aromatic nitrogens is 2. The average molecular weight is 708 g/mol. The quantitative estimate of drug-likeness (QED) is 0.245. The Bertz CT molecular complexity index is 1980. The number of nitrogens with one attached hydrogen (secondary N) is 1. The lowest BCUT2D eigenvalue weighted by Crippen LogP contribution is -2.53. The van der Waals surface area contributed by atoms with Gasteiger partial charge in [0.05, 0.1) is 36.5 Å². The topological polar surface area (TPSA) is 141 Å². The third-order valence-corrected chi connectivity index (χ3v) is 10.3. The van der Waals surface area contributed by atoms with E-state index in [1.807, 2.05) is 15.7 Å². The molecule has 16 heteroatoms. The number of thiazole rings is 2. The molecule has 12 nitrogen and oxygen atoms in total. The van der Waals surface area contributed by atoms with Gasteiger partial charge in [0.1, 0.15) is 11.9 Å². The Balaban J connectivity index is 1.14. The largest absolute Gasteiger partial charge is 0.478 e. The van der Waals surface area contributed by atoms with Crippen LogP contribution in [0.25, 0.3) is 11.3 Å². The number of aliphatic imine (C=N–C) groups is 1. The van der Waals surface area contributed by atoms with Crippen molar-refractivity contribution in [3.8, 4) is 11.3 Å². The van der Waals surface area contributed by atoms with Gasteiger partial charge >= 0.3 is 18.0 Å². The van der Waals surface area contributed by atoms with E-state index in [1.165, 1.54) is 54.0 Å². The molecule has 2 atom stereocenters. The van der Waals surface area contributed by atoms with Crippen LogP contribution in [-0.2, 0) is 9.53 Å². The molecule has 4 aromatic rings. The van der Waals surface area contributed by atoms with E-state index < -0.39 is 23.8 Å². The summed E-state index contributed by atoms with van der Waals surface area (Å²) in [4.78, 5) is 57.8. The van der Waals surface area contributed by atoms with Crippen LogP contribution in [0.5, 0.6) is 0 Å². The van der Waals surface area contributed by atoms with Gasteiger partial charge in [0, 0.05) is 65.0 Å². The number of carbonyl (C=O) groups excluding carboxylic acids is 2. The van der Waals surface area contributed by atoms with Crippen LogP contribution in [0.15, 0.2) is 75.7 Å². The van der Waals surface area contributed by atoms with Gasteiger partial charge in [0.2, 0.25) is 0 Å². The Morgan fingerprint density at radius 3 is 2.77 bits per heavy atom. The van der Waals surface area contributed by atoms with E-state index in [9.17, 15) is 23.9 Å². The van der Waals surface area contributed by atoms with Crippen molar-refractivity contribution in [3.05, 3.63) is 97.7 Å². The number of urea groups is 1. The number of anilines is 1. The number of amides is 2. The number of benzene rings is 2. The summed E-state index contributed by atoms with van der Waals surface area (Å²) in [7, 11) is 1.29. The van der Waals surface area contributed by atoms with Crippen molar-refractivity contribution in [1.29, 1.82) is 0 Å². The van der Waals surface area contributed by atoms with Crippen LogP contribution in [0.3, 0.4) is 0 Å². The minimum Gasteiger partial charge on any atom is -0.478 e. The van der Waals surface area contributed by atoms with Gasteiger partial charge in [-0.15, -0.1) is 22.7 Å². The van der Waals surface area contributed by atoms with Gasteiger partial charge in [0.25, 0.3) is 0 Å². The molecule has 2 N–H and O–H groups in total. The molecule has 2 unspecified atom stereocenters. The maximum absolute atomic E-state index is 14.0. The molecule has 2 amide bonds. The van der Waals surface area contributed by atoms with Gasteiger partial charge < -0.3 is 20.1 Å². The molecule has 246 valence electrons. The maximum Gasteiger partial charge on any atom is 0.338 e. The zero-order chi connectivity index (χ0) is 33.5. The van der Waals surface area contributed by atoms with Gasteiger partial charge in [-0.3, -0.25) is 14.8 Å². The van der Waals surface area contributed by atoms with Gasteiger partial charge in [-0.05, 0) is 24.3 Å². The number of methoxy groups -OCH3 is 1. The zero-order valence-corrected chi connectivity index (χ0v) is 27.7. The first-order valence-corrected chi connectivity index (χ1v) is 16.9. The number of esters is 1. The number of nitrogens with zero attached hydrogens (tertiary/aromatic N) is 6. The highest BCUT2D eigenvalue weighted by Gasteiger charge is 2.43. The van der Waals surface area contributed by atoms with Crippen LogP contribution in [0.4, 0.5) is 14.3 Å². The lowest BCUT2D eigenvalue weighted by atomic mass is 9.95. The molecule has 2 saturated heterocycles. The van der Waals surface area contributed by atoms with Crippen LogP contribution in [-0.4, -0.2) is 94.6 Å². The predicted octanol–water partition coefficient (Wildman–Crippen LogP) is 4.90. The van der Waals surface area contributed by atoms with Crippen molar-refractivity contribution >= 4 is 63.2 Å². The molecule has 3 aliphatic rings. The van der Waals surface area contributed by atoms with Crippen molar-refractivity contribution in [2.75, 3.05) is 44.7 Å². The summed E-state index contributed by atoms with van der Waals surface area (Å²) in [5, 5.41) is 17.6. The molecule has 5 heterocycles. The number of carboxylic acid groups (broad SMARTS) is 1. The minimum absolute atomic E-state index is 0.128. The van der Waals surface area contributed by atoms with E-state index in [0.29, 0.717) is 71.2 Å². The van der Waals surface area contributed by atoms with Crippen molar-refractivity contribution in [2.45, 2.75) is 12.1 Å². The Labute approximate surface area is 286 Å². The second-order valence-electron chi connectivity index (χ2n) is 11.3. The van der Waals surface area contributed by atoms with Crippen LogP contribution in [0.1, 0.15) is 27.0 Å². The molecule has 2 aromatic heterocycles. The molecule has 0 saturated carbocycles. The first kappa shape index (κ1) is 31.9. The number of fused-ring (bicyclic) bond motifs is 1. The molecule has 0 bridgehead atoms. The summed E-state index contributed by atoms with van der Waals surface area (Å²) in [6.45, 7) is 2.23. The fourth-order valence-electron chi connectivity index (χ4n) is 6.10. The second kappa shape index (κ2) is 13.1. The minimum atomic E-state index is -1.03. The fraction of sp³-hybridized carbons (Fsp3) is 0.250. The highest BCUT2D eigenvalue weighted by molar-refractivity contribution is 7.14. The van der Waals surface area contributed by atoms with E-state index in [-0.39, 0.29) is 28.2 Å². The number of rotatable bonds is 8. The molecule has 7 rings (SSSR count). The summed E-state index contributed by atoms with van der Waals surface area (Å²) in [6, 6.07) is 9.34. The maximum atomic E-state index is 14.0. The van der Waals surface area contributed by atoms with Crippen molar-refractivity contribution in [3.63, 3.8) is 0 Å². The molecular weight excluding hydrogens is 681 g/mol. The number of carbonyl (C=O) groups is 3. The standard InChI is InChI=1S/C32H27ClFN7O5S2/c1-46-30(44)25-23(36-27(28-35-7-10-47-28)38-26(25)21-6-5-19(34)12-22(21)33)15-39-8-9-40-20(13-39)14-41(32(40)45)31-37-24(16-48-31)17-3-2-4-18(11-17)29(42)43/h2-7,10-12,16,20,26H,8-9,13-15H2,1H3,(H,36,38)(H,42,43). The van der Waals surface area contributed by atoms with Crippen LogP contribution in [0, 0.1) is 5.82 Å². The van der Waals surface area contributed by atoms with Crippen LogP contribution < -0.4 is 10.2 Å². The van der Waals surface area contributed by atoms with E-state index in [4.69, 9.17) is 21.3 Å². The van der Waals surface area contributed by atoms with Crippen molar-refractivity contribution < 1.29 is 28.6 Å². The monoisotopic (exact) mass is 707 g/mol. The summed E-state index contributed by atoms with van der Waals surface area (Å²) in [6.07, 6.45) is 1.66. The van der Waals surface area contributed by atoms with Gasteiger partial charge in [-0.25, -0.2) is 28.7 Å². The van der Waals surface area contributed by atoms with Gasteiger partial charge in [0.15, 0.2) is 16.0 Å². The molecule has 2 fully saturated rings. The SMILES string of the molecule is COC(=O)C1=C(CN2CCN3C(=O)N(c4nc(-c5cccc(C(=O)O)c5)cs4)CC3C2)NC(c2nccs2)=NC1c1ccc(F)cc1Cl. The number of hydrogen-bond donors (Lipinski definition) is 2. The number of hydrogen-bond acceptors (Lipinski definition) is 11. The smallest absolute Gasteiger partial charge is 0.338 e. The fourth-order valence-corrected chi connectivity index (χ4v) is 7.79. The third kappa shape index (κ3) is 6.05. The molecular formula is C32H27ClFN7O5S2. The molecule has 0 spiro atoms. The highest BCUT2D eigenvalue weighted by atomic mass is 35.5. The summed E-state index contributed by atoms with van der Waals surface area (Å²) >= 11 is 9.19. The second-order valence-corrected chi connectivity index (χ2v) is 13.4. The molecule has 3 aliphatic heterocycles. The van der Waals surface area contributed by atoms with E-state index in [0.717, 1.165) is 0 Å². The summed E-state index contributed by atoms with van der Waals surface area (Å²) < 4.78 is 19.2. The number of ether oxygens (including phenoxy) is 1. The Morgan fingerprint density at radius 2 is 2.02 bits per heavy atom. The Hall–Kier alpha value is -4.70. The number of aromatic carboxylic acids is 1. The van der Waals surface area contributed by atoms with E-state index in [2.05, 4.69) is 20.2 Å². The average Bonchev–Trinajstić information content (AvgIpc) is 3.85. The van der Waals surface area contributed by atoms with Crippen LogP contribution >= 0.6 is 34.3 Å². The molecule has 0 aliphatic carbocycles. The summed E-state index contributed by atoms with van der Waals surface area (Å²) in [5.41, 5.74) is 2.66. The normalized spacial score (nSPS) is 19.6. The first-order chi connectivity index (χ1) is 23.2. The van der Waals surface area contributed by atoms with E-state index in [1.54, 1.807) is 29.3 Å². The Morgan fingerprint density at radius 1 is 1.17 bits per heavy atom. The van der Waals surface area contributed by atoms with E-state index >= 15 is 0 Å². The Kier molecular flexibility index (Phi) is 8.68. The molecule has 0 radical (unpaired) electrons. The number of amidine groups is 1. The van der Waals surface area contributed by atoms with Crippen LogP contribution in [0.2, 0.25) is 5.02 Å². The molecule has 48 heavy (non-hydrogen) atoms. The predicted molar refractivity (Wildman–Crippen MR) is 179 cm³/mol. The van der Waals surface area contributed by atoms with Gasteiger partial charge in [-0.1, -0.05) is 29.8 Å². The number of piperazine rings is 1. The lowest BCUT2D eigenvalue weighted by Gasteiger charge is -2.38. The van der Waals surface area contributed by atoms with Gasteiger partial charge in [-0.2, -0.15) is 0 Å². The number of carboxylic acids is 1. The first-order valence-electron chi connectivity index (χ1n) is 14.8. The van der Waals surface area contributed by atoms with Crippen molar-refractivity contribution in [1.82, 2.24) is 25.1 Å². The highest BCUT2D eigenvalue weighted by Crippen LogP contribution is 2.38. The number of halogens is 2. The molecule has 2 aromatic carbocycles. The van der Waals surface area contributed by atoms with Crippen molar-refractivity contribution in [2.24, 2.45) is 4.99 Å². The third-order valence-electron chi connectivity index (χ3n) is 8.37. The lowest BCUT2D eigenvalue weighted by molar-refractivity contribution is -0.136. The zero-order valence-electron chi connectivity index (χ0n) is 25.3.